The Morgan fingerprint density at radius 2 is 1.62 bits per heavy atom. The van der Waals surface area contributed by atoms with Crippen molar-refractivity contribution in [1.29, 1.82) is 0 Å². The molecule has 40 heavy (non-hydrogen) atoms. The van der Waals surface area contributed by atoms with E-state index in [4.69, 9.17) is 11.6 Å². The number of nitrogens with one attached hydrogen (secondary N) is 1. The van der Waals surface area contributed by atoms with E-state index in [2.05, 4.69) is 5.32 Å². The fourth-order valence-corrected chi connectivity index (χ4v) is 5.95. The summed E-state index contributed by atoms with van der Waals surface area (Å²) in [6.07, 6.45) is 1.10. The molecule has 0 unspecified atom stereocenters. The van der Waals surface area contributed by atoms with Crippen LogP contribution in [0.2, 0.25) is 5.02 Å². The first-order valence-electron chi connectivity index (χ1n) is 13.5. The van der Waals surface area contributed by atoms with Gasteiger partial charge in [0.25, 0.3) is 10.0 Å². The molecule has 7 nitrogen and oxygen atoms in total. The van der Waals surface area contributed by atoms with E-state index in [-0.39, 0.29) is 29.1 Å². The largest absolute Gasteiger partial charge is 0.352 e. The lowest BCUT2D eigenvalue weighted by atomic mass is 10.1. The summed E-state index contributed by atoms with van der Waals surface area (Å²) in [5.74, 6) is -0.766. The molecule has 0 aliphatic heterocycles. The van der Waals surface area contributed by atoms with Crippen molar-refractivity contribution in [3.8, 4) is 0 Å². The van der Waals surface area contributed by atoms with Gasteiger partial charge in [0.1, 0.15) is 12.6 Å². The van der Waals surface area contributed by atoms with Crippen LogP contribution in [0, 0.1) is 13.8 Å². The molecule has 0 aromatic heterocycles. The van der Waals surface area contributed by atoms with Crippen molar-refractivity contribution in [3.63, 3.8) is 0 Å². The minimum atomic E-state index is -4.14. The van der Waals surface area contributed by atoms with Crippen LogP contribution in [0.1, 0.15) is 50.3 Å². The molecule has 0 spiro atoms. The Morgan fingerprint density at radius 3 is 2.23 bits per heavy atom. The van der Waals surface area contributed by atoms with Gasteiger partial charge in [0.2, 0.25) is 11.8 Å². The summed E-state index contributed by atoms with van der Waals surface area (Å²) in [5, 5.41) is 3.37. The van der Waals surface area contributed by atoms with Crippen molar-refractivity contribution >= 4 is 39.1 Å². The molecule has 2 atom stereocenters. The van der Waals surface area contributed by atoms with Crippen LogP contribution in [0.25, 0.3) is 0 Å². The van der Waals surface area contributed by atoms with Crippen molar-refractivity contribution in [2.45, 2.75) is 71.0 Å². The van der Waals surface area contributed by atoms with E-state index in [0.717, 1.165) is 27.4 Å². The number of nitrogens with zero attached hydrogens (tertiary/aromatic N) is 2. The molecule has 0 saturated heterocycles. The Morgan fingerprint density at radius 1 is 0.925 bits per heavy atom. The molecule has 214 valence electrons. The van der Waals surface area contributed by atoms with E-state index in [1.165, 1.54) is 17.0 Å². The van der Waals surface area contributed by atoms with E-state index in [1.807, 2.05) is 58.9 Å². The van der Waals surface area contributed by atoms with Gasteiger partial charge < -0.3 is 10.2 Å². The number of amides is 2. The maximum absolute atomic E-state index is 14.1. The molecule has 1 N–H and O–H groups in total. The number of carbonyl (C=O) groups excluding carboxylic acids is 2. The van der Waals surface area contributed by atoms with Gasteiger partial charge in [0, 0.05) is 17.6 Å². The molecule has 0 heterocycles. The molecule has 0 radical (unpaired) electrons. The zero-order chi connectivity index (χ0) is 29.4. The highest BCUT2D eigenvalue weighted by Crippen LogP contribution is 2.28. The van der Waals surface area contributed by atoms with Gasteiger partial charge in [-0.1, -0.05) is 79.5 Å². The van der Waals surface area contributed by atoms with E-state index < -0.39 is 28.5 Å². The average molecular weight is 584 g/mol. The SMILES string of the molecule is CC[C@H](C)NC(=O)[C@H](CC)N(Cc1cccc(C)c1)C(=O)CN(c1ccc(C)c(Cl)c1)S(=O)(=O)c1ccccc1. The van der Waals surface area contributed by atoms with E-state index in [1.54, 1.807) is 36.4 Å². The van der Waals surface area contributed by atoms with Gasteiger partial charge >= 0.3 is 0 Å². The summed E-state index contributed by atoms with van der Waals surface area (Å²) in [4.78, 5) is 29.0. The van der Waals surface area contributed by atoms with Crippen LogP contribution in [-0.2, 0) is 26.2 Å². The summed E-state index contributed by atoms with van der Waals surface area (Å²) < 4.78 is 28.8. The fraction of sp³-hybridized carbons (Fsp3) is 0.355. The van der Waals surface area contributed by atoms with Crippen LogP contribution < -0.4 is 9.62 Å². The second-order valence-corrected chi connectivity index (χ2v) is 12.3. The molecular weight excluding hydrogens is 546 g/mol. The topological polar surface area (TPSA) is 86.8 Å². The molecular formula is C31H38ClN3O4S. The van der Waals surface area contributed by atoms with Crippen molar-refractivity contribution in [1.82, 2.24) is 10.2 Å². The van der Waals surface area contributed by atoms with Crippen molar-refractivity contribution in [2.75, 3.05) is 10.8 Å². The van der Waals surface area contributed by atoms with E-state index in [9.17, 15) is 18.0 Å². The van der Waals surface area contributed by atoms with Gasteiger partial charge in [-0.3, -0.25) is 13.9 Å². The maximum atomic E-state index is 14.1. The van der Waals surface area contributed by atoms with Gasteiger partial charge in [0.15, 0.2) is 0 Å². The molecule has 3 rings (SSSR count). The number of halogens is 1. The summed E-state index contributed by atoms with van der Waals surface area (Å²) in [6, 6.07) is 19.7. The summed E-state index contributed by atoms with van der Waals surface area (Å²) >= 11 is 6.38. The fourth-order valence-electron chi connectivity index (χ4n) is 4.35. The highest BCUT2D eigenvalue weighted by molar-refractivity contribution is 7.92. The zero-order valence-electron chi connectivity index (χ0n) is 23.7. The van der Waals surface area contributed by atoms with Crippen LogP contribution in [0.5, 0.6) is 0 Å². The quantitative estimate of drug-likeness (QED) is 0.289. The Hall–Kier alpha value is -3.36. The average Bonchev–Trinajstić information content (AvgIpc) is 2.93. The lowest BCUT2D eigenvalue weighted by Crippen LogP contribution is -2.53. The Balaban J connectivity index is 2.07. The van der Waals surface area contributed by atoms with Crippen molar-refractivity contribution in [2.24, 2.45) is 0 Å². The normalized spacial score (nSPS) is 12.8. The summed E-state index contributed by atoms with van der Waals surface area (Å²) in [7, 11) is -4.14. The molecule has 0 aliphatic rings. The third-order valence-electron chi connectivity index (χ3n) is 6.88. The number of sulfonamides is 1. The summed E-state index contributed by atoms with van der Waals surface area (Å²) in [5.41, 5.74) is 2.91. The number of hydrogen-bond acceptors (Lipinski definition) is 4. The molecule has 0 aliphatic carbocycles. The lowest BCUT2D eigenvalue weighted by Gasteiger charge is -2.34. The highest BCUT2D eigenvalue weighted by atomic mass is 35.5. The molecule has 0 bridgehead atoms. The second-order valence-electron chi connectivity index (χ2n) is 10.0. The van der Waals surface area contributed by atoms with Crippen molar-refractivity contribution < 1.29 is 18.0 Å². The van der Waals surface area contributed by atoms with Crippen LogP contribution in [0.15, 0.2) is 77.7 Å². The number of rotatable bonds is 12. The predicted octanol–water partition coefficient (Wildman–Crippen LogP) is 5.87. The van der Waals surface area contributed by atoms with Gasteiger partial charge in [-0.05, 0) is 69.0 Å². The molecule has 2 amide bonds. The first-order chi connectivity index (χ1) is 19.0. The standard InChI is InChI=1S/C31H38ClN3O4S/c1-6-24(5)33-31(37)29(7-2)34(20-25-13-11-12-22(3)18-25)30(36)21-35(26-17-16-23(4)28(32)19-26)40(38,39)27-14-9-8-10-15-27/h8-19,24,29H,6-7,20-21H2,1-5H3,(H,33,37)/t24-,29-/m0/s1. The van der Waals surface area contributed by atoms with Crippen molar-refractivity contribution in [3.05, 3.63) is 94.5 Å². The van der Waals surface area contributed by atoms with E-state index in [0.29, 0.717) is 11.4 Å². The molecule has 9 heteroatoms. The number of carbonyl (C=O) groups is 2. The number of hydrogen-bond donors (Lipinski definition) is 1. The van der Waals surface area contributed by atoms with Gasteiger partial charge in [-0.2, -0.15) is 0 Å². The number of aryl methyl sites for hydroxylation is 2. The number of anilines is 1. The molecule has 3 aromatic rings. The van der Waals surface area contributed by atoms with Gasteiger partial charge in [-0.25, -0.2) is 8.42 Å². The summed E-state index contributed by atoms with van der Waals surface area (Å²) in [6.45, 7) is 9.15. The van der Waals surface area contributed by atoms with Crippen LogP contribution in [0.4, 0.5) is 5.69 Å². The zero-order valence-corrected chi connectivity index (χ0v) is 25.3. The monoisotopic (exact) mass is 583 g/mol. The first kappa shape index (κ1) is 31.2. The smallest absolute Gasteiger partial charge is 0.264 e. The second kappa shape index (κ2) is 13.8. The Labute approximate surface area is 243 Å². The Kier molecular flexibility index (Phi) is 10.8. The predicted molar refractivity (Wildman–Crippen MR) is 161 cm³/mol. The number of benzene rings is 3. The molecule has 3 aromatic carbocycles. The van der Waals surface area contributed by atoms with Crippen LogP contribution in [-0.4, -0.2) is 43.8 Å². The minimum Gasteiger partial charge on any atom is -0.352 e. The molecule has 0 fully saturated rings. The highest BCUT2D eigenvalue weighted by Gasteiger charge is 2.34. The molecule has 0 saturated carbocycles. The first-order valence-corrected chi connectivity index (χ1v) is 15.3. The maximum Gasteiger partial charge on any atom is 0.264 e. The minimum absolute atomic E-state index is 0.0475. The third-order valence-corrected chi connectivity index (χ3v) is 9.07. The Bertz CT molecular complexity index is 1430. The lowest BCUT2D eigenvalue weighted by molar-refractivity contribution is -0.140. The van der Waals surface area contributed by atoms with Gasteiger partial charge in [-0.15, -0.1) is 0 Å². The van der Waals surface area contributed by atoms with Crippen LogP contribution in [0.3, 0.4) is 0 Å². The van der Waals surface area contributed by atoms with Gasteiger partial charge in [0.05, 0.1) is 10.6 Å². The van der Waals surface area contributed by atoms with Crippen LogP contribution >= 0.6 is 11.6 Å². The van der Waals surface area contributed by atoms with E-state index >= 15 is 0 Å². The third kappa shape index (κ3) is 7.64.